The highest BCUT2D eigenvalue weighted by atomic mass is 79.9. The van der Waals surface area contributed by atoms with Crippen LogP contribution >= 0.6 is 39.3 Å². The summed E-state index contributed by atoms with van der Waals surface area (Å²) >= 11 is 10.9. The third-order valence-electron chi connectivity index (χ3n) is 4.33. The zero-order valence-corrected chi connectivity index (χ0v) is 16.4. The first-order valence-electron chi connectivity index (χ1n) is 7.78. The fourth-order valence-electron chi connectivity index (χ4n) is 3.05. The summed E-state index contributed by atoms with van der Waals surface area (Å²) in [7, 11) is 0. The van der Waals surface area contributed by atoms with Crippen LogP contribution in [-0.4, -0.2) is 17.2 Å². The molecule has 2 aromatic rings. The minimum Gasteiger partial charge on any atom is -0.334 e. The molecule has 0 saturated carbocycles. The van der Waals surface area contributed by atoms with Crippen LogP contribution in [0.1, 0.15) is 22.3 Å². The van der Waals surface area contributed by atoms with Crippen molar-refractivity contribution in [2.24, 2.45) is 0 Å². The largest absolute Gasteiger partial charge is 0.334 e. The maximum absolute atomic E-state index is 13.6. The molecular formula is C19H11BrClF2NOS. The Morgan fingerprint density at radius 2 is 1.85 bits per heavy atom. The first kappa shape index (κ1) is 17.8. The molecule has 0 aliphatic carbocycles. The Kier molecular flexibility index (Phi) is 4.67. The van der Waals surface area contributed by atoms with E-state index in [9.17, 15) is 13.6 Å². The lowest BCUT2D eigenvalue weighted by Crippen LogP contribution is -2.12. The summed E-state index contributed by atoms with van der Waals surface area (Å²) in [5.74, 6) is -2.50. The van der Waals surface area contributed by atoms with Crippen LogP contribution in [0.15, 0.2) is 56.9 Å². The third-order valence-corrected chi connectivity index (χ3v) is 6.20. The van der Waals surface area contributed by atoms with Crippen molar-refractivity contribution in [3.05, 3.63) is 84.7 Å². The number of nitrogens with zero attached hydrogens (tertiary/aromatic N) is 1. The highest BCUT2D eigenvalue weighted by Crippen LogP contribution is 2.46. The Morgan fingerprint density at radius 3 is 2.58 bits per heavy atom. The van der Waals surface area contributed by atoms with E-state index in [4.69, 9.17) is 11.6 Å². The molecule has 4 rings (SSSR count). The number of hydrogen-bond acceptors (Lipinski definition) is 3. The first-order chi connectivity index (χ1) is 12.5. The minimum atomic E-state index is -1.08. The zero-order valence-electron chi connectivity index (χ0n) is 13.2. The van der Waals surface area contributed by atoms with E-state index >= 15 is 0 Å². The molecule has 0 fully saturated rings. The second-order valence-electron chi connectivity index (χ2n) is 5.89. The van der Waals surface area contributed by atoms with Gasteiger partial charge in [-0.3, -0.25) is 4.79 Å². The van der Waals surface area contributed by atoms with Gasteiger partial charge in [-0.25, -0.2) is 8.78 Å². The van der Waals surface area contributed by atoms with Gasteiger partial charge in [-0.2, -0.15) is 0 Å². The third kappa shape index (κ3) is 3.00. The lowest BCUT2D eigenvalue weighted by atomic mass is 10.0. The van der Waals surface area contributed by atoms with Gasteiger partial charge in [0.15, 0.2) is 17.4 Å². The van der Waals surface area contributed by atoms with E-state index in [1.807, 2.05) is 29.7 Å². The van der Waals surface area contributed by atoms with Crippen LogP contribution in [0.25, 0.3) is 5.70 Å². The lowest BCUT2D eigenvalue weighted by molar-refractivity contribution is 0.103. The lowest BCUT2D eigenvalue weighted by Gasteiger charge is -2.18. The standard InChI is InChI=1S/C19H11BrClF2NOS/c20-11-3-1-10(2-4-11)17-9-26-19-12(5-6-24(17)19)18(25)13-7-15(22)16(23)8-14(13)21/h1-4,7-9H,5-6H2. The van der Waals surface area contributed by atoms with E-state index in [0.29, 0.717) is 18.5 Å². The predicted molar refractivity (Wildman–Crippen MR) is 104 cm³/mol. The summed E-state index contributed by atoms with van der Waals surface area (Å²) in [6, 6.07) is 9.66. The average Bonchev–Trinajstić information content (AvgIpc) is 3.20. The van der Waals surface area contributed by atoms with Crippen LogP contribution in [0, 0.1) is 11.6 Å². The maximum atomic E-state index is 13.6. The highest BCUT2D eigenvalue weighted by molar-refractivity contribution is 9.10. The molecule has 0 saturated heterocycles. The second kappa shape index (κ2) is 6.83. The molecule has 0 unspecified atom stereocenters. The van der Waals surface area contributed by atoms with Crippen molar-refractivity contribution < 1.29 is 13.6 Å². The van der Waals surface area contributed by atoms with Crippen molar-refractivity contribution in [3.63, 3.8) is 0 Å². The Hall–Kier alpha value is -1.63. The monoisotopic (exact) mass is 453 g/mol. The van der Waals surface area contributed by atoms with Crippen molar-refractivity contribution in [2.45, 2.75) is 6.42 Å². The molecule has 132 valence electrons. The van der Waals surface area contributed by atoms with E-state index in [1.165, 1.54) is 11.8 Å². The van der Waals surface area contributed by atoms with Crippen LogP contribution in [0.2, 0.25) is 5.02 Å². The molecule has 2 aromatic carbocycles. The van der Waals surface area contributed by atoms with Crippen molar-refractivity contribution in [1.29, 1.82) is 0 Å². The second-order valence-corrected chi connectivity index (χ2v) is 8.07. The zero-order chi connectivity index (χ0) is 18.4. The smallest absolute Gasteiger partial charge is 0.193 e. The molecule has 0 atom stereocenters. The van der Waals surface area contributed by atoms with Crippen LogP contribution in [0.4, 0.5) is 8.78 Å². The normalized spacial score (nSPS) is 16.2. The molecule has 0 aromatic heterocycles. The van der Waals surface area contributed by atoms with Gasteiger partial charge in [-0.1, -0.05) is 51.4 Å². The van der Waals surface area contributed by atoms with Crippen LogP contribution in [0.3, 0.4) is 0 Å². The summed E-state index contributed by atoms with van der Waals surface area (Å²) < 4.78 is 27.8. The number of thioether (sulfide) groups is 1. The maximum Gasteiger partial charge on any atom is 0.193 e. The Morgan fingerprint density at radius 1 is 1.15 bits per heavy atom. The van der Waals surface area contributed by atoms with Crippen LogP contribution in [0.5, 0.6) is 0 Å². The van der Waals surface area contributed by atoms with Crippen molar-refractivity contribution in [3.8, 4) is 0 Å². The Labute approximate surface area is 166 Å². The van der Waals surface area contributed by atoms with E-state index in [1.54, 1.807) is 0 Å². The predicted octanol–water partition coefficient (Wildman–Crippen LogP) is 6.23. The number of benzene rings is 2. The number of carbonyl (C=O) groups excluding carboxylic acids is 1. The molecule has 0 radical (unpaired) electrons. The first-order valence-corrected chi connectivity index (χ1v) is 9.83. The number of carbonyl (C=O) groups is 1. The molecule has 0 spiro atoms. The Bertz CT molecular complexity index is 988. The topological polar surface area (TPSA) is 20.3 Å². The van der Waals surface area contributed by atoms with Gasteiger partial charge in [0, 0.05) is 27.6 Å². The molecular weight excluding hydrogens is 444 g/mol. The molecule has 2 heterocycles. The Balaban J connectivity index is 1.67. The molecule has 2 aliphatic heterocycles. The van der Waals surface area contributed by atoms with Gasteiger partial charge in [0.2, 0.25) is 0 Å². The SMILES string of the molecule is O=C(C1=C2SC=C(c3ccc(Br)cc3)N2CC1)c1cc(F)c(F)cc1Cl. The number of halogens is 4. The average molecular weight is 455 g/mol. The molecule has 2 aliphatic rings. The summed E-state index contributed by atoms with van der Waals surface area (Å²) in [6.45, 7) is 0.659. The van der Waals surface area contributed by atoms with Gasteiger partial charge >= 0.3 is 0 Å². The van der Waals surface area contributed by atoms with E-state index in [-0.39, 0.29) is 16.4 Å². The highest BCUT2D eigenvalue weighted by Gasteiger charge is 2.34. The fraction of sp³-hybridized carbons (Fsp3) is 0.105. The van der Waals surface area contributed by atoms with Gasteiger partial charge in [0.25, 0.3) is 0 Å². The fourth-order valence-corrected chi connectivity index (χ4v) is 4.69. The van der Waals surface area contributed by atoms with Crippen molar-refractivity contribution >= 4 is 50.8 Å². The molecule has 0 N–H and O–H groups in total. The van der Waals surface area contributed by atoms with E-state index < -0.39 is 11.6 Å². The number of hydrogen-bond donors (Lipinski definition) is 0. The molecule has 2 nitrogen and oxygen atoms in total. The number of rotatable bonds is 3. The summed E-state index contributed by atoms with van der Waals surface area (Å²) in [5, 5.41) is 2.75. The summed E-state index contributed by atoms with van der Waals surface area (Å²) in [6.07, 6.45) is 0.532. The number of ketones is 1. The number of Topliss-reactive ketones (excluding diaryl/α,β-unsaturated/α-hetero) is 1. The van der Waals surface area contributed by atoms with Crippen LogP contribution < -0.4 is 0 Å². The van der Waals surface area contributed by atoms with E-state index in [2.05, 4.69) is 20.8 Å². The molecule has 26 heavy (non-hydrogen) atoms. The summed E-state index contributed by atoms with van der Waals surface area (Å²) in [5.41, 5.74) is 2.64. The van der Waals surface area contributed by atoms with Crippen LogP contribution in [-0.2, 0) is 0 Å². The minimum absolute atomic E-state index is 0.00684. The van der Waals surface area contributed by atoms with Crippen molar-refractivity contribution in [2.75, 3.05) is 6.54 Å². The van der Waals surface area contributed by atoms with Crippen molar-refractivity contribution in [1.82, 2.24) is 4.90 Å². The van der Waals surface area contributed by atoms with Gasteiger partial charge in [-0.05, 0) is 36.2 Å². The van der Waals surface area contributed by atoms with Gasteiger partial charge < -0.3 is 4.90 Å². The summed E-state index contributed by atoms with van der Waals surface area (Å²) in [4.78, 5) is 14.9. The van der Waals surface area contributed by atoms with Gasteiger partial charge in [0.1, 0.15) is 0 Å². The van der Waals surface area contributed by atoms with Gasteiger partial charge in [-0.15, -0.1) is 0 Å². The molecule has 7 heteroatoms. The van der Waals surface area contributed by atoms with Gasteiger partial charge in [0.05, 0.1) is 15.7 Å². The molecule has 0 bridgehead atoms. The quantitative estimate of drug-likeness (QED) is 0.405. The molecule has 0 amide bonds. The van der Waals surface area contributed by atoms with E-state index in [0.717, 1.165) is 32.9 Å². The number of fused-ring (bicyclic) bond motifs is 1.